The molecule has 0 saturated heterocycles. The maximum atomic E-state index is 12.1. The van der Waals surface area contributed by atoms with E-state index in [4.69, 9.17) is 0 Å². The second-order valence-electron chi connectivity index (χ2n) is 6.06. The average Bonchev–Trinajstić information content (AvgIpc) is 2.52. The molecule has 0 aliphatic heterocycles. The van der Waals surface area contributed by atoms with Gasteiger partial charge >= 0.3 is 0 Å². The highest BCUT2D eigenvalue weighted by Crippen LogP contribution is 2.21. The molecule has 134 valence electrons. The fourth-order valence-corrected chi connectivity index (χ4v) is 3.49. The van der Waals surface area contributed by atoms with Crippen molar-refractivity contribution in [2.45, 2.75) is 26.8 Å². The SMILES string of the molecule is Cc1cc(C)cc(N(CCC(=O)NCc2ccncc2)S(C)(=O)=O)c1. The molecule has 1 aromatic heterocycles. The molecule has 0 unspecified atom stereocenters. The van der Waals surface area contributed by atoms with Gasteiger partial charge in [-0.05, 0) is 54.8 Å². The standard InChI is InChI=1S/C18H23N3O3S/c1-14-10-15(2)12-17(11-14)21(25(3,23)24)9-6-18(22)20-13-16-4-7-19-8-5-16/h4-5,7-8,10-12H,6,9,13H2,1-3H3,(H,20,22). The number of carbonyl (C=O) groups is 1. The number of sulfonamides is 1. The number of anilines is 1. The van der Waals surface area contributed by atoms with Gasteiger partial charge in [0.2, 0.25) is 15.9 Å². The summed E-state index contributed by atoms with van der Waals surface area (Å²) in [6, 6.07) is 9.23. The van der Waals surface area contributed by atoms with Crippen LogP contribution in [0.3, 0.4) is 0 Å². The van der Waals surface area contributed by atoms with Crippen molar-refractivity contribution in [3.05, 3.63) is 59.4 Å². The Labute approximate surface area is 148 Å². The zero-order valence-electron chi connectivity index (χ0n) is 14.7. The van der Waals surface area contributed by atoms with Crippen molar-refractivity contribution in [1.82, 2.24) is 10.3 Å². The topological polar surface area (TPSA) is 79.4 Å². The fraction of sp³-hybridized carbons (Fsp3) is 0.333. The number of hydrogen-bond acceptors (Lipinski definition) is 4. The molecular formula is C18H23N3O3S. The highest BCUT2D eigenvalue weighted by molar-refractivity contribution is 7.92. The molecule has 0 radical (unpaired) electrons. The first-order valence-electron chi connectivity index (χ1n) is 7.97. The Bertz CT molecular complexity index is 816. The van der Waals surface area contributed by atoms with Gasteiger partial charge in [-0.1, -0.05) is 6.07 Å². The second-order valence-corrected chi connectivity index (χ2v) is 7.97. The van der Waals surface area contributed by atoms with Gasteiger partial charge in [0.25, 0.3) is 0 Å². The minimum Gasteiger partial charge on any atom is -0.352 e. The van der Waals surface area contributed by atoms with E-state index in [0.717, 1.165) is 22.9 Å². The van der Waals surface area contributed by atoms with Crippen LogP contribution in [0.5, 0.6) is 0 Å². The predicted molar refractivity (Wildman–Crippen MR) is 98.8 cm³/mol. The summed E-state index contributed by atoms with van der Waals surface area (Å²) in [6.45, 7) is 4.32. The van der Waals surface area contributed by atoms with E-state index in [2.05, 4.69) is 10.3 Å². The van der Waals surface area contributed by atoms with Crippen LogP contribution < -0.4 is 9.62 Å². The molecule has 7 heteroatoms. The van der Waals surface area contributed by atoms with E-state index < -0.39 is 10.0 Å². The zero-order valence-corrected chi connectivity index (χ0v) is 15.5. The van der Waals surface area contributed by atoms with Crippen LogP contribution in [0.1, 0.15) is 23.1 Å². The molecule has 25 heavy (non-hydrogen) atoms. The van der Waals surface area contributed by atoms with Gasteiger partial charge in [-0.15, -0.1) is 0 Å². The molecule has 1 aromatic carbocycles. The molecular weight excluding hydrogens is 338 g/mol. The lowest BCUT2D eigenvalue weighted by Gasteiger charge is -2.23. The Morgan fingerprint density at radius 1 is 1.12 bits per heavy atom. The first kappa shape index (κ1) is 18.9. The number of pyridine rings is 1. The average molecular weight is 361 g/mol. The monoisotopic (exact) mass is 361 g/mol. The maximum Gasteiger partial charge on any atom is 0.232 e. The van der Waals surface area contributed by atoms with Crippen LogP contribution in [0.15, 0.2) is 42.7 Å². The Kier molecular flexibility index (Phi) is 6.14. The lowest BCUT2D eigenvalue weighted by molar-refractivity contribution is -0.121. The van der Waals surface area contributed by atoms with Gasteiger partial charge in [0.15, 0.2) is 0 Å². The Balaban J connectivity index is 2.02. The van der Waals surface area contributed by atoms with Gasteiger partial charge in [0.05, 0.1) is 11.9 Å². The number of rotatable bonds is 7. The van der Waals surface area contributed by atoms with Crippen LogP contribution in [0.25, 0.3) is 0 Å². The Morgan fingerprint density at radius 3 is 2.28 bits per heavy atom. The fourth-order valence-electron chi connectivity index (χ4n) is 2.57. The first-order valence-corrected chi connectivity index (χ1v) is 9.82. The van der Waals surface area contributed by atoms with Crippen LogP contribution in [0, 0.1) is 13.8 Å². The number of aromatic nitrogens is 1. The van der Waals surface area contributed by atoms with E-state index in [9.17, 15) is 13.2 Å². The number of nitrogens with one attached hydrogen (secondary N) is 1. The quantitative estimate of drug-likeness (QED) is 0.820. The number of amides is 1. The van der Waals surface area contributed by atoms with Crippen molar-refractivity contribution in [1.29, 1.82) is 0 Å². The summed E-state index contributed by atoms with van der Waals surface area (Å²) >= 11 is 0. The molecule has 1 heterocycles. The summed E-state index contributed by atoms with van der Waals surface area (Å²) in [7, 11) is -3.47. The normalized spacial score (nSPS) is 11.2. The lowest BCUT2D eigenvalue weighted by atomic mass is 10.1. The Morgan fingerprint density at radius 2 is 1.72 bits per heavy atom. The minimum absolute atomic E-state index is 0.0884. The summed E-state index contributed by atoms with van der Waals surface area (Å²) in [5.41, 5.74) is 3.48. The van der Waals surface area contributed by atoms with E-state index in [-0.39, 0.29) is 18.9 Å². The highest BCUT2D eigenvalue weighted by atomic mass is 32.2. The van der Waals surface area contributed by atoms with Gasteiger partial charge in [-0.3, -0.25) is 14.1 Å². The van der Waals surface area contributed by atoms with E-state index >= 15 is 0 Å². The molecule has 0 aliphatic carbocycles. The first-order chi connectivity index (χ1) is 11.8. The van der Waals surface area contributed by atoms with Crippen LogP contribution in [-0.4, -0.2) is 32.1 Å². The molecule has 0 saturated carbocycles. The summed E-state index contributed by atoms with van der Waals surface area (Å²) < 4.78 is 25.5. The summed E-state index contributed by atoms with van der Waals surface area (Å²) in [5, 5.41) is 2.79. The molecule has 2 rings (SSSR count). The molecule has 0 fully saturated rings. The Hall–Kier alpha value is -2.41. The van der Waals surface area contributed by atoms with Gasteiger partial charge in [-0.25, -0.2) is 8.42 Å². The van der Waals surface area contributed by atoms with Crippen molar-refractivity contribution >= 4 is 21.6 Å². The number of aryl methyl sites for hydroxylation is 2. The maximum absolute atomic E-state index is 12.1. The number of hydrogen-bond donors (Lipinski definition) is 1. The number of nitrogens with zero attached hydrogens (tertiary/aromatic N) is 2. The van der Waals surface area contributed by atoms with Crippen LogP contribution in [0.4, 0.5) is 5.69 Å². The summed E-state index contributed by atoms with van der Waals surface area (Å²) in [4.78, 5) is 16.0. The molecule has 1 amide bonds. The third-order valence-corrected chi connectivity index (χ3v) is 4.87. The summed E-state index contributed by atoms with van der Waals surface area (Å²) in [5.74, 6) is -0.199. The van der Waals surface area contributed by atoms with E-state index in [0.29, 0.717) is 12.2 Å². The van der Waals surface area contributed by atoms with E-state index in [1.54, 1.807) is 12.4 Å². The third kappa shape index (κ3) is 5.86. The van der Waals surface area contributed by atoms with Gasteiger partial charge in [0, 0.05) is 31.9 Å². The van der Waals surface area contributed by atoms with E-state index in [1.807, 2.05) is 44.2 Å². The van der Waals surface area contributed by atoms with Crippen LogP contribution in [0.2, 0.25) is 0 Å². The van der Waals surface area contributed by atoms with Crippen molar-refractivity contribution in [2.24, 2.45) is 0 Å². The van der Waals surface area contributed by atoms with Gasteiger partial charge in [-0.2, -0.15) is 0 Å². The van der Waals surface area contributed by atoms with Crippen LogP contribution >= 0.6 is 0 Å². The van der Waals surface area contributed by atoms with E-state index in [1.165, 1.54) is 4.31 Å². The summed E-state index contributed by atoms with van der Waals surface area (Å²) in [6.07, 6.45) is 4.56. The largest absolute Gasteiger partial charge is 0.352 e. The van der Waals surface area contributed by atoms with Crippen molar-refractivity contribution in [3.63, 3.8) is 0 Å². The number of carbonyl (C=O) groups excluding carboxylic acids is 1. The second kappa shape index (κ2) is 8.11. The molecule has 0 atom stereocenters. The molecule has 6 nitrogen and oxygen atoms in total. The highest BCUT2D eigenvalue weighted by Gasteiger charge is 2.19. The minimum atomic E-state index is -3.47. The molecule has 0 aliphatic rings. The van der Waals surface area contributed by atoms with Crippen molar-refractivity contribution in [2.75, 3.05) is 17.1 Å². The van der Waals surface area contributed by atoms with Gasteiger partial charge in [0.1, 0.15) is 0 Å². The predicted octanol–water partition coefficient (Wildman–Crippen LogP) is 2.17. The molecule has 0 bridgehead atoms. The van der Waals surface area contributed by atoms with Gasteiger partial charge < -0.3 is 5.32 Å². The lowest BCUT2D eigenvalue weighted by Crippen LogP contribution is -2.34. The van der Waals surface area contributed by atoms with Crippen LogP contribution in [-0.2, 0) is 21.4 Å². The third-order valence-electron chi connectivity index (χ3n) is 3.68. The molecule has 2 aromatic rings. The molecule has 0 spiro atoms. The zero-order chi connectivity index (χ0) is 18.4. The molecule has 1 N–H and O–H groups in total. The number of benzene rings is 1. The smallest absolute Gasteiger partial charge is 0.232 e. The van der Waals surface area contributed by atoms with Crippen molar-refractivity contribution < 1.29 is 13.2 Å². The van der Waals surface area contributed by atoms with Crippen molar-refractivity contribution in [3.8, 4) is 0 Å².